The van der Waals surface area contributed by atoms with Crippen molar-refractivity contribution in [2.45, 2.75) is 32.6 Å². The largest absolute Gasteiger partial charge is 0.495 e. The topological polar surface area (TPSA) is 81.5 Å². The Morgan fingerprint density at radius 3 is 2.67 bits per heavy atom. The molecule has 8 nitrogen and oxygen atoms in total. The molecule has 5 rings (SSSR count). The Kier molecular flexibility index (Phi) is 6.30. The third-order valence-corrected chi connectivity index (χ3v) is 8.31. The van der Waals surface area contributed by atoms with Crippen LogP contribution >= 0.6 is 30.3 Å². The molecule has 2 fully saturated rings. The third-order valence-electron chi connectivity index (χ3n) is 6.59. The molecule has 0 atom stereocenters. The van der Waals surface area contributed by atoms with Gasteiger partial charge in [-0.25, -0.2) is 0 Å². The van der Waals surface area contributed by atoms with Crippen LogP contribution in [-0.2, 0) is 0 Å². The van der Waals surface area contributed by atoms with Gasteiger partial charge in [-0.05, 0) is 62.3 Å². The number of nitrogens with one attached hydrogen (secondary N) is 1. The number of likely N-dealkylation sites (tertiary alicyclic amines) is 1. The zero-order valence-electron chi connectivity index (χ0n) is 18.6. The first kappa shape index (κ1) is 22.6. The van der Waals surface area contributed by atoms with Crippen LogP contribution in [0.4, 0.5) is 11.6 Å². The molecular formula is C23H26IN5O3S. The molecule has 10 heteroatoms. The molecule has 1 aromatic carbocycles. The van der Waals surface area contributed by atoms with E-state index in [1.807, 2.05) is 40.2 Å². The van der Waals surface area contributed by atoms with Crippen molar-refractivity contribution in [1.29, 1.82) is 0 Å². The Labute approximate surface area is 209 Å². The Morgan fingerprint density at radius 1 is 1.21 bits per heavy atom. The van der Waals surface area contributed by atoms with Crippen LogP contribution in [0.5, 0.6) is 11.6 Å². The summed E-state index contributed by atoms with van der Waals surface area (Å²) < 4.78 is 13.3. The fourth-order valence-corrected chi connectivity index (χ4v) is 5.68. The Morgan fingerprint density at radius 2 is 2.00 bits per heavy atom. The summed E-state index contributed by atoms with van der Waals surface area (Å²) in [6.07, 6.45) is 6.82. The van der Waals surface area contributed by atoms with Gasteiger partial charge in [0.2, 0.25) is 11.8 Å². The number of hydrogen-bond acceptors (Lipinski definition) is 7. The summed E-state index contributed by atoms with van der Waals surface area (Å²) in [6, 6.07) is 7.42. The van der Waals surface area contributed by atoms with Gasteiger partial charge in [-0.3, -0.25) is 8.77 Å². The van der Waals surface area contributed by atoms with E-state index in [4.69, 9.17) is 9.47 Å². The molecule has 1 amide bonds. The van der Waals surface area contributed by atoms with Gasteiger partial charge in [-0.15, -0.1) is 0 Å². The normalized spacial score (nSPS) is 16.8. The van der Waals surface area contributed by atoms with Gasteiger partial charge in [0, 0.05) is 55.2 Å². The average Bonchev–Trinajstić information content (AvgIpc) is 3.45. The number of carbonyl (C=O) groups is 1. The van der Waals surface area contributed by atoms with Gasteiger partial charge in [-0.2, -0.15) is 9.97 Å². The summed E-state index contributed by atoms with van der Waals surface area (Å²) in [7, 11) is 3.12. The quantitative estimate of drug-likeness (QED) is 0.373. The highest BCUT2D eigenvalue weighted by atomic mass is 127. The van der Waals surface area contributed by atoms with E-state index < -0.39 is 0 Å². The molecule has 0 unspecified atom stereocenters. The van der Waals surface area contributed by atoms with E-state index in [2.05, 4.69) is 36.5 Å². The second-order valence-corrected chi connectivity index (χ2v) is 10.3. The number of nitrogens with zero attached hydrogens (tertiary/aromatic N) is 4. The van der Waals surface area contributed by atoms with Crippen LogP contribution in [0, 0.1) is 5.41 Å². The number of anilines is 2. The van der Waals surface area contributed by atoms with Crippen molar-refractivity contribution >= 4 is 58.9 Å². The third kappa shape index (κ3) is 4.46. The molecule has 1 saturated heterocycles. The molecular weight excluding hydrogens is 553 g/mol. The van der Waals surface area contributed by atoms with Crippen molar-refractivity contribution in [3.63, 3.8) is 0 Å². The van der Waals surface area contributed by atoms with Crippen LogP contribution in [0.2, 0.25) is 0 Å². The van der Waals surface area contributed by atoms with Gasteiger partial charge in [0.15, 0.2) is 5.65 Å². The molecule has 1 N–H and O–H groups in total. The highest BCUT2D eigenvalue weighted by molar-refractivity contribution is 14.2. The van der Waals surface area contributed by atoms with Crippen molar-refractivity contribution in [3.05, 3.63) is 36.0 Å². The lowest BCUT2D eigenvalue weighted by Gasteiger charge is -2.32. The molecule has 1 spiro atoms. The number of rotatable bonds is 7. The van der Waals surface area contributed by atoms with Gasteiger partial charge < -0.3 is 19.7 Å². The number of hydrogen-bond donors (Lipinski definition) is 1. The van der Waals surface area contributed by atoms with E-state index >= 15 is 0 Å². The van der Waals surface area contributed by atoms with Crippen molar-refractivity contribution in [3.8, 4) is 11.6 Å². The summed E-state index contributed by atoms with van der Waals surface area (Å²) in [5.74, 6) is 1.55. The van der Waals surface area contributed by atoms with Crippen molar-refractivity contribution in [2.24, 2.45) is 5.41 Å². The number of piperidine rings is 1. The Bertz CT molecular complexity index is 1190. The maximum Gasteiger partial charge on any atom is 0.253 e. The van der Waals surface area contributed by atoms with Gasteiger partial charge in [-0.1, -0.05) is 0 Å². The lowest BCUT2D eigenvalue weighted by Crippen LogP contribution is -2.39. The summed E-state index contributed by atoms with van der Waals surface area (Å²) in [6.45, 7) is 4.11. The standard InChI is InChI=1S/C23H26IN5O3S/c1-3-32-20-16-6-11-29(33-24)19(16)26-22(27-20)25-17-5-4-15(14-18(17)31-2)21(30)28-12-9-23(7-8-23)10-13-28/h4-6,11,14H,3,7-10,12-13H2,1-2H3,(H,25,26,27). The maximum absolute atomic E-state index is 13.1. The van der Waals surface area contributed by atoms with Crippen LogP contribution in [0.3, 0.4) is 0 Å². The predicted molar refractivity (Wildman–Crippen MR) is 139 cm³/mol. The molecule has 1 saturated carbocycles. The second kappa shape index (κ2) is 9.21. The zero-order valence-corrected chi connectivity index (χ0v) is 21.6. The van der Waals surface area contributed by atoms with E-state index in [0.717, 1.165) is 37.0 Å². The Balaban J connectivity index is 1.39. The fraction of sp³-hybridized carbons (Fsp3) is 0.435. The summed E-state index contributed by atoms with van der Waals surface area (Å²) >= 11 is 2.21. The minimum absolute atomic E-state index is 0.0588. The number of methoxy groups -OCH3 is 1. The van der Waals surface area contributed by atoms with Crippen LogP contribution in [0.25, 0.3) is 11.0 Å². The number of fused-ring (bicyclic) bond motifs is 1. The number of halogens is 1. The van der Waals surface area contributed by atoms with E-state index in [9.17, 15) is 4.79 Å². The summed E-state index contributed by atoms with van der Waals surface area (Å²) in [5, 5.41) is 4.10. The lowest BCUT2D eigenvalue weighted by atomic mass is 9.93. The molecule has 0 bridgehead atoms. The van der Waals surface area contributed by atoms with Crippen LogP contribution < -0.4 is 14.8 Å². The molecule has 1 aliphatic heterocycles. The average molecular weight is 579 g/mol. The van der Waals surface area contributed by atoms with Crippen molar-refractivity contribution in [1.82, 2.24) is 18.8 Å². The molecule has 2 aliphatic rings. The molecule has 2 aromatic heterocycles. The predicted octanol–water partition coefficient (Wildman–Crippen LogP) is 5.44. The molecule has 174 valence electrons. The minimum atomic E-state index is 0.0588. The highest BCUT2D eigenvalue weighted by Gasteiger charge is 2.45. The highest BCUT2D eigenvalue weighted by Crippen LogP contribution is 2.53. The molecule has 33 heavy (non-hydrogen) atoms. The fourth-order valence-electron chi connectivity index (χ4n) is 4.41. The number of ether oxygens (including phenoxy) is 2. The van der Waals surface area contributed by atoms with Gasteiger partial charge in [0.1, 0.15) is 5.75 Å². The van der Waals surface area contributed by atoms with Gasteiger partial charge in [0.05, 0.1) is 24.8 Å². The molecule has 1 aliphatic carbocycles. The second-order valence-electron chi connectivity index (χ2n) is 8.57. The SMILES string of the molecule is CCOc1nc(Nc2ccc(C(=O)N3CCC4(CC3)CC4)cc2OC)nc2c1ccn2SI. The zero-order chi connectivity index (χ0) is 23.0. The van der Waals surface area contributed by atoms with Crippen molar-refractivity contribution in [2.75, 3.05) is 32.1 Å². The first-order chi connectivity index (χ1) is 16.1. The molecule has 0 radical (unpaired) electrons. The van der Waals surface area contributed by atoms with Crippen LogP contribution in [0.1, 0.15) is 43.0 Å². The van der Waals surface area contributed by atoms with Crippen molar-refractivity contribution < 1.29 is 14.3 Å². The number of aromatic nitrogens is 3. The minimum Gasteiger partial charge on any atom is -0.495 e. The number of amides is 1. The maximum atomic E-state index is 13.1. The van der Waals surface area contributed by atoms with Gasteiger partial charge in [0.25, 0.3) is 5.91 Å². The smallest absolute Gasteiger partial charge is 0.253 e. The van der Waals surface area contributed by atoms with Gasteiger partial charge >= 0.3 is 0 Å². The first-order valence-corrected chi connectivity index (χ1v) is 14.4. The van der Waals surface area contributed by atoms with Crippen LogP contribution in [-0.4, -0.2) is 51.6 Å². The van der Waals surface area contributed by atoms with E-state index in [0.29, 0.717) is 40.9 Å². The van der Waals surface area contributed by atoms with E-state index in [-0.39, 0.29) is 5.91 Å². The number of carbonyl (C=O) groups excluding carboxylic acids is 1. The molecule has 3 aromatic rings. The summed E-state index contributed by atoms with van der Waals surface area (Å²) in [4.78, 5) is 24.3. The van der Waals surface area contributed by atoms with E-state index in [1.165, 1.54) is 22.0 Å². The number of benzene rings is 1. The van der Waals surface area contributed by atoms with Crippen LogP contribution in [0.15, 0.2) is 30.5 Å². The summed E-state index contributed by atoms with van der Waals surface area (Å²) in [5.41, 5.74) is 2.62. The first-order valence-electron chi connectivity index (χ1n) is 11.1. The monoisotopic (exact) mass is 579 g/mol. The lowest BCUT2D eigenvalue weighted by molar-refractivity contribution is 0.0678. The molecule has 3 heterocycles. The Hall–Kier alpha value is -2.21. The van der Waals surface area contributed by atoms with E-state index in [1.54, 1.807) is 13.2 Å².